The molecular weight excluding hydrogens is 232 g/mol. The number of aromatic nitrogens is 4. The molecule has 1 aliphatic heterocycles. The highest BCUT2D eigenvalue weighted by molar-refractivity contribution is 5.49. The van der Waals surface area contributed by atoms with Crippen LogP contribution < -0.4 is 10.2 Å². The molecule has 1 fully saturated rings. The van der Waals surface area contributed by atoms with Crippen LogP contribution in [0.4, 0.5) is 5.95 Å². The Hall–Kier alpha value is -1.89. The molecule has 1 saturated heterocycles. The summed E-state index contributed by atoms with van der Waals surface area (Å²) >= 11 is 0. The van der Waals surface area contributed by atoms with Crippen LogP contribution >= 0.6 is 0 Å². The van der Waals surface area contributed by atoms with Gasteiger partial charge < -0.3 is 14.7 Å². The molecule has 96 valence electrons. The Labute approximate surface area is 105 Å². The monoisotopic (exact) mass is 248 g/mol. The number of aromatic amines is 1. The predicted octanol–water partition coefficient (Wildman–Crippen LogP) is 0.566. The zero-order valence-corrected chi connectivity index (χ0v) is 10.5. The second kappa shape index (κ2) is 4.41. The summed E-state index contributed by atoms with van der Waals surface area (Å²) < 4.78 is 5.16. The Bertz CT molecular complexity index is 533. The molecule has 2 aromatic rings. The maximum Gasteiger partial charge on any atom is 0.245 e. The number of piperazine rings is 1. The fourth-order valence-corrected chi connectivity index (χ4v) is 2.09. The average molecular weight is 248 g/mol. The van der Waals surface area contributed by atoms with Crippen LogP contribution in [-0.4, -0.2) is 46.0 Å². The zero-order valence-electron chi connectivity index (χ0n) is 10.5. The van der Waals surface area contributed by atoms with Crippen molar-refractivity contribution >= 4 is 5.95 Å². The molecule has 0 amide bonds. The van der Waals surface area contributed by atoms with Gasteiger partial charge >= 0.3 is 0 Å². The molecule has 1 atom stereocenters. The number of nitrogens with one attached hydrogen (secondary N) is 2. The van der Waals surface area contributed by atoms with Crippen molar-refractivity contribution in [3.63, 3.8) is 0 Å². The lowest BCUT2D eigenvalue weighted by Crippen LogP contribution is -2.49. The molecule has 3 rings (SSSR count). The summed E-state index contributed by atoms with van der Waals surface area (Å²) in [5.74, 6) is 1.96. The SMILES string of the molecule is Cc1cc(-c2nc(N3CCN[C@H](C)C3)n[nH]2)on1. The lowest BCUT2D eigenvalue weighted by atomic mass is 10.2. The van der Waals surface area contributed by atoms with Crippen LogP contribution in [0, 0.1) is 6.92 Å². The van der Waals surface area contributed by atoms with Crippen molar-refractivity contribution in [2.24, 2.45) is 0 Å². The minimum Gasteiger partial charge on any atom is -0.353 e. The van der Waals surface area contributed by atoms with Gasteiger partial charge in [0, 0.05) is 31.7 Å². The highest BCUT2D eigenvalue weighted by atomic mass is 16.5. The van der Waals surface area contributed by atoms with E-state index in [0.29, 0.717) is 23.6 Å². The molecule has 0 radical (unpaired) electrons. The molecule has 0 aromatic carbocycles. The van der Waals surface area contributed by atoms with Crippen molar-refractivity contribution in [3.05, 3.63) is 11.8 Å². The van der Waals surface area contributed by atoms with Gasteiger partial charge in [-0.05, 0) is 13.8 Å². The number of anilines is 1. The molecule has 0 spiro atoms. The third kappa shape index (κ3) is 2.08. The van der Waals surface area contributed by atoms with Crippen LogP contribution in [-0.2, 0) is 0 Å². The van der Waals surface area contributed by atoms with Crippen LogP contribution in [0.2, 0.25) is 0 Å². The first-order valence-electron chi connectivity index (χ1n) is 6.07. The zero-order chi connectivity index (χ0) is 12.5. The summed E-state index contributed by atoms with van der Waals surface area (Å²) in [7, 11) is 0. The van der Waals surface area contributed by atoms with Gasteiger partial charge in [-0.2, -0.15) is 4.98 Å². The molecule has 1 aliphatic rings. The van der Waals surface area contributed by atoms with Crippen LogP contribution in [0.3, 0.4) is 0 Å². The normalized spacial score (nSPS) is 20.3. The summed E-state index contributed by atoms with van der Waals surface area (Å²) in [6, 6.07) is 2.29. The molecule has 0 aliphatic carbocycles. The van der Waals surface area contributed by atoms with E-state index in [4.69, 9.17) is 4.52 Å². The summed E-state index contributed by atoms with van der Waals surface area (Å²) in [6.07, 6.45) is 0. The van der Waals surface area contributed by atoms with Crippen molar-refractivity contribution < 1.29 is 4.52 Å². The van der Waals surface area contributed by atoms with Gasteiger partial charge in [-0.25, -0.2) is 0 Å². The smallest absolute Gasteiger partial charge is 0.245 e. The van der Waals surface area contributed by atoms with E-state index >= 15 is 0 Å². The Kier molecular flexibility index (Phi) is 2.75. The van der Waals surface area contributed by atoms with Gasteiger partial charge in [0.1, 0.15) is 0 Å². The lowest BCUT2D eigenvalue weighted by Gasteiger charge is -2.30. The molecule has 2 N–H and O–H groups in total. The highest BCUT2D eigenvalue weighted by Gasteiger charge is 2.20. The number of aryl methyl sites for hydroxylation is 1. The molecule has 7 heteroatoms. The maximum absolute atomic E-state index is 5.16. The third-order valence-corrected chi connectivity index (χ3v) is 2.99. The predicted molar refractivity (Wildman–Crippen MR) is 66.3 cm³/mol. The Morgan fingerprint density at radius 3 is 3.11 bits per heavy atom. The number of hydrogen-bond acceptors (Lipinski definition) is 6. The van der Waals surface area contributed by atoms with Gasteiger partial charge in [-0.3, -0.25) is 5.10 Å². The topological polar surface area (TPSA) is 82.9 Å². The van der Waals surface area contributed by atoms with E-state index in [9.17, 15) is 0 Å². The summed E-state index contributed by atoms with van der Waals surface area (Å²) in [4.78, 5) is 6.61. The average Bonchev–Trinajstić information content (AvgIpc) is 2.97. The highest BCUT2D eigenvalue weighted by Crippen LogP contribution is 2.18. The fourth-order valence-electron chi connectivity index (χ4n) is 2.09. The van der Waals surface area contributed by atoms with Gasteiger partial charge in [-0.1, -0.05) is 5.16 Å². The fraction of sp³-hybridized carbons (Fsp3) is 0.545. The van der Waals surface area contributed by atoms with Crippen LogP contribution in [0.1, 0.15) is 12.6 Å². The first kappa shape index (κ1) is 11.2. The third-order valence-electron chi connectivity index (χ3n) is 2.99. The standard InChI is InChI=1S/C11H16N6O/c1-7-5-9(18-16-7)10-13-11(15-14-10)17-4-3-12-8(2)6-17/h5,8,12H,3-4,6H2,1-2H3,(H,13,14,15)/t8-/m1/s1. The quantitative estimate of drug-likeness (QED) is 0.808. The van der Waals surface area contributed by atoms with Crippen LogP contribution in [0.15, 0.2) is 10.6 Å². The van der Waals surface area contributed by atoms with Crippen molar-refractivity contribution in [2.75, 3.05) is 24.5 Å². The first-order chi connectivity index (χ1) is 8.72. The van der Waals surface area contributed by atoms with Gasteiger partial charge in [0.2, 0.25) is 11.7 Å². The van der Waals surface area contributed by atoms with Crippen molar-refractivity contribution in [2.45, 2.75) is 19.9 Å². The molecule has 0 unspecified atom stereocenters. The second-order valence-electron chi connectivity index (χ2n) is 4.62. The van der Waals surface area contributed by atoms with Crippen LogP contribution in [0.25, 0.3) is 11.6 Å². The molecule has 0 saturated carbocycles. The molecule has 2 aromatic heterocycles. The minimum atomic E-state index is 0.452. The second-order valence-corrected chi connectivity index (χ2v) is 4.62. The van der Waals surface area contributed by atoms with Crippen molar-refractivity contribution in [3.8, 4) is 11.6 Å². The number of rotatable bonds is 2. The number of nitrogens with zero attached hydrogens (tertiary/aromatic N) is 4. The van der Waals surface area contributed by atoms with Gasteiger partial charge in [0.05, 0.1) is 5.69 Å². The molecule has 7 nitrogen and oxygen atoms in total. The largest absolute Gasteiger partial charge is 0.353 e. The lowest BCUT2D eigenvalue weighted by molar-refractivity contribution is 0.424. The van der Waals surface area contributed by atoms with Crippen molar-refractivity contribution in [1.82, 2.24) is 25.7 Å². The van der Waals surface area contributed by atoms with E-state index in [2.05, 4.69) is 37.5 Å². The van der Waals surface area contributed by atoms with E-state index in [1.165, 1.54) is 0 Å². The summed E-state index contributed by atoms with van der Waals surface area (Å²) in [6.45, 7) is 6.80. The van der Waals surface area contributed by atoms with E-state index < -0.39 is 0 Å². The minimum absolute atomic E-state index is 0.452. The molecular formula is C11H16N6O. The van der Waals surface area contributed by atoms with Crippen molar-refractivity contribution in [1.29, 1.82) is 0 Å². The summed E-state index contributed by atoms with van der Waals surface area (Å²) in [5, 5.41) is 14.4. The Morgan fingerprint density at radius 1 is 1.50 bits per heavy atom. The van der Waals surface area contributed by atoms with E-state index in [-0.39, 0.29) is 0 Å². The Morgan fingerprint density at radius 2 is 2.39 bits per heavy atom. The van der Waals surface area contributed by atoms with E-state index in [1.54, 1.807) is 0 Å². The first-order valence-corrected chi connectivity index (χ1v) is 6.07. The number of hydrogen-bond donors (Lipinski definition) is 2. The van der Waals surface area contributed by atoms with E-state index in [1.807, 2.05) is 13.0 Å². The molecule has 3 heterocycles. The van der Waals surface area contributed by atoms with Crippen LogP contribution in [0.5, 0.6) is 0 Å². The molecule has 0 bridgehead atoms. The number of H-pyrrole nitrogens is 1. The molecule has 18 heavy (non-hydrogen) atoms. The van der Waals surface area contributed by atoms with E-state index in [0.717, 1.165) is 25.3 Å². The maximum atomic E-state index is 5.16. The van der Waals surface area contributed by atoms with Gasteiger partial charge in [0.25, 0.3) is 0 Å². The Balaban J connectivity index is 1.80. The van der Waals surface area contributed by atoms with Gasteiger partial charge in [0.15, 0.2) is 5.82 Å². The summed E-state index contributed by atoms with van der Waals surface area (Å²) in [5.41, 5.74) is 0.832. The van der Waals surface area contributed by atoms with Gasteiger partial charge in [-0.15, -0.1) is 5.10 Å².